The Kier molecular flexibility index (Phi) is 4.95. The normalized spacial score (nSPS) is 12.2. The number of pyridine rings is 1. The van der Waals surface area contributed by atoms with Gasteiger partial charge in [-0.3, -0.25) is 13.8 Å². The summed E-state index contributed by atoms with van der Waals surface area (Å²) in [7, 11) is 3.10. The minimum atomic E-state index is -2.39. The van der Waals surface area contributed by atoms with E-state index in [1.165, 1.54) is 0 Å². The average molecular weight is 413 g/mol. The standard InChI is InChI=1S/C19H18N4O5S/c1-27-16-7-13-14(8-17(16)28-2)20-9-15-18(13)23(19(24)21-15)10-11-3-5-12(6-4-11)22-29(25)26/h3-9,22H,10H2,1-2H3,(H,21,24)(H,25,26)/p-1. The van der Waals surface area contributed by atoms with Gasteiger partial charge in [-0.15, -0.1) is 0 Å². The van der Waals surface area contributed by atoms with Gasteiger partial charge in [0.05, 0.1) is 43.5 Å². The van der Waals surface area contributed by atoms with Gasteiger partial charge in [-0.25, -0.2) is 4.79 Å². The van der Waals surface area contributed by atoms with Crippen LogP contribution in [0.1, 0.15) is 5.56 Å². The molecule has 0 saturated heterocycles. The molecule has 0 fully saturated rings. The van der Waals surface area contributed by atoms with Gasteiger partial charge in [-0.1, -0.05) is 12.1 Å². The van der Waals surface area contributed by atoms with Crippen molar-refractivity contribution in [1.82, 2.24) is 14.5 Å². The zero-order valence-electron chi connectivity index (χ0n) is 15.6. The first-order chi connectivity index (χ1) is 14.0. The third kappa shape index (κ3) is 3.55. The second-order valence-electron chi connectivity index (χ2n) is 6.29. The molecule has 10 heteroatoms. The van der Waals surface area contributed by atoms with E-state index in [0.717, 1.165) is 10.9 Å². The van der Waals surface area contributed by atoms with Crippen LogP contribution in [0.2, 0.25) is 0 Å². The van der Waals surface area contributed by atoms with Crippen LogP contribution in [0.15, 0.2) is 47.4 Å². The molecule has 29 heavy (non-hydrogen) atoms. The zero-order chi connectivity index (χ0) is 20.5. The smallest absolute Gasteiger partial charge is 0.326 e. The predicted octanol–water partition coefficient (Wildman–Crippen LogP) is 2.15. The van der Waals surface area contributed by atoms with Gasteiger partial charge in [0.25, 0.3) is 0 Å². The molecule has 4 aromatic rings. The summed E-state index contributed by atoms with van der Waals surface area (Å²) >= 11 is -2.39. The monoisotopic (exact) mass is 413 g/mol. The van der Waals surface area contributed by atoms with Crippen LogP contribution < -0.4 is 19.9 Å². The third-order valence-corrected chi connectivity index (χ3v) is 5.00. The predicted molar refractivity (Wildman–Crippen MR) is 109 cm³/mol. The fraction of sp³-hybridized carbons (Fsp3) is 0.158. The molecule has 0 amide bonds. The molecule has 1 atom stereocenters. The highest BCUT2D eigenvalue weighted by atomic mass is 32.2. The molecule has 9 nitrogen and oxygen atoms in total. The Morgan fingerprint density at radius 3 is 2.52 bits per heavy atom. The zero-order valence-corrected chi connectivity index (χ0v) is 16.4. The average Bonchev–Trinajstić information content (AvgIpc) is 3.03. The molecular weight excluding hydrogens is 396 g/mol. The van der Waals surface area contributed by atoms with E-state index >= 15 is 0 Å². The maximum Gasteiger partial charge on any atom is 0.326 e. The van der Waals surface area contributed by atoms with Crippen molar-refractivity contribution in [2.75, 3.05) is 18.9 Å². The number of methoxy groups -OCH3 is 2. The minimum Gasteiger partial charge on any atom is -0.755 e. The summed E-state index contributed by atoms with van der Waals surface area (Å²) < 4.78 is 36.1. The van der Waals surface area contributed by atoms with Crippen molar-refractivity contribution < 1.29 is 18.2 Å². The number of anilines is 1. The Hall–Kier alpha value is -3.37. The maximum atomic E-state index is 12.6. The Balaban J connectivity index is 1.83. The Bertz CT molecular complexity index is 1280. The molecule has 150 valence electrons. The minimum absolute atomic E-state index is 0.271. The maximum absolute atomic E-state index is 12.6. The van der Waals surface area contributed by atoms with Crippen molar-refractivity contribution in [2.24, 2.45) is 0 Å². The summed E-state index contributed by atoms with van der Waals surface area (Å²) in [6.45, 7) is 0.299. The molecule has 4 rings (SSSR count). The van der Waals surface area contributed by atoms with Crippen LogP contribution >= 0.6 is 0 Å². The molecule has 2 heterocycles. The van der Waals surface area contributed by atoms with Gasteiger partial charge >= 0.3 is 5.69 Å². The second-order valence-corrected chi connectivity index (χ2v) is 6.97. The van der Waals surface area contributed by atoms with Crippen molar-refractivity contribution in [2.45, 2.75) is 6.54 Å². The van der Waals surface area contributed by atoms with E-state index in [-0.39, 0.29) is 5.69 Å². The van der Waals surface area contributed by atoms with E-state index < -0.39 is 11.3 Å². The fourth-order valence-corrected chi connectivity index (χ4v) is 3.61. The lowest BCUT2D eigenvalue weighted by atomic mass is 10.1. The molecule has 1 unspecified atom stereocenters. The topological polar surface area (TPSA) is 121 Å². The summed E-state index contributed by atoms with van der Waals surface area (Å²) in [5.41, 5.74) is 2.98. The SMILES string of the molecule is COc1cc2ncc3[nH]c(=O)n(Cc4ccc(NS(=O)[O-])cc4)c3c2cc1OC. The summed E-state index contributed by atoms with van der Waals surface area (Å²) in [6.07, 6.45) is 1.61. The van der Waals surface area contributed by atoms with Gasteiger partial charge in [0.1, 0.15) is 0 Å². The van der Waals surface area contributed by atoms with E-state index in [1.54, 1.807) is 61.4 Å². The van der Waals surface area contributed by atoms with Crippen molar-refractivity contribution in [3.05, 3.63) is 58.6 Å². The van der Waals surface area contributed by atoms with Gasteiger partial charge in [0, 0.05) is 28.4 Å². The summed E-state index contributed by atoms with van der Waals surface area (Å²) in [5, 5.41) is 0.749. The van der Waals surface area contributed by atoms with Gasteiger partial charge < -0.3 is 23.7 Å². The highest BCUT2D eigenvalue weighted by Gasteiger charge is 2.15. The number of ether oxygens (including phenoxy) is 2. The Morgan fingerprint density at radius 2 is 1.86 bits per heavy atom. The van der Waals surface area contributed by atoms with E-state index in [9.17, 15) is 13.6 Å². The third-order valence-electron chi connectivity index (χ3n) is 4.60. The molecular formula is C19H17N4O5S-. The number of hydrogen-bond acceptors (Lipinski definition) is 6. The molecule has 0 bridgehead atoms. The number of H-pyrrole nitrogens is 1. The highest BCUT2D eigenvalue weighted by Crippen LogP contribution is 2.34. The van der Waals surface area contributed by atoms with Gasteiger partial charge in [0.15, 0.2) is 11.5 Å². The number of nitrogens with zero attached hydrogens (tertiary/aromatic N) is 2. The molecule has 2 aromatic carbocycles. The molecule has 0 aliphatic carbocycles. The Labute approximate surface area is 167 Å². The molecule has 0 saturated carbocycles. The number of nitrogens with one attached hydrogen (secondary N) is 2. The largest absolute Gasteiger partial charge is 0.755 e. The molecule has 0 radical (unpaired) electrons. The number of fused-ring (bicyclic) bond motifs is 3. The lowest BCUT2D eigenvalue weighted by molar-refractivity contribution is 0.356. The first-order valence-electron chi connectivity index (χ1n) is 8.58. The second kappa shape index (κ2) is 7.57. The molecule has 0 aliphatic heterocycles. The summed E-state index contributed by atoms with van der Waals surface area (Å²) in [6, 6.07) is 10.3. The van der Waals surface area contributed by atoms with Crippen molar-refractivity contribution in [3.63, 3.8) is 0 Å². The van der Waals surface area contributed by atoms with Crippen LogP contribution in [0.5, 0.6) is 11.5 Å². The first-order valence-corrected chi connectivity index (χ1v) is 9.65. The van der Waals surface area contributed by atoms with Crippen LogP contribution in [-0.4, -0.2) is 37.5 Å². The quantitative estimate of drug-likeness (QED) is 0.467. The number of aromatic nitrogens is 3. The van der Waals surface area contributed by atoms with Crippen molar-refractivity contribution in [1.29, 1.82) is 0 Å². The van der Waals surface area contributed by atoms with Gasteiger partial charge in [-0.2, -0.15) is 0 Å². The highest BCUT2D eigenvalue weighted by molar-refractivity contribution is 7.80. The van der Waals surface area contributed by atoms with Crippen LogP contribution in [0.3, 0.4) is 0 Å². The molecule has 0 aliphatic rings. The molecule has 2 aromatic heterocycles. The number of hydrogen-bond donors (Lipinski definition) is 2. The number of aromatic amines is 1. The van der Waals surface area contributed by atoms with Crippen molar-refractivity contribution in [3.8, 4) is 11.5 Å². The van der Waals surface area contributed by atoms with E-state index in [1.807, 2.05) is 0 Å². The molecule has 0 spiro atoms. The van der Waals surface area contributed by atoms with E-state index in [0.29, 0.717) is 40.3 Å². The van der Waals surface area contributed by atoms with Crippen LogP contribution in [-0.2, 0) is 17.8 Å². The van der Waals surface area contributed by atoms with Crippen LogP contribution in [0.25, 0.3) is 21.9 Å². The van der Waals surface area contributed by atoms with Crippen LogP contribution in [0.4, 0.5) is 5.69 Å². The van der Waals surface area contributed by atoms with E-state index in [2.05, 4.69) is 14.7 Å². The number of rotatable bonds is 6. The van der Waals surface area contributed by atoms with Gasteiger partial charge in [0.2, 0.25) is 0 Å². The lowest BCUT2D eigenvalue weighted by Gasteiger charge is -2.11. The number of benzene rings is 2. The number of imidazole rings is 1. The first kappa shape index (κ1) is 19.0. The van der Waals surface area contributed by atoms with E-state index in [4.69, 9.17) is 9.47 Å². The van der Waals surface area contributed by atoms with Gasteiger partial charge in [-0.05, 0) is 23.8 Å². The van der Waals surface area contributed by atoms with Crippen molar-refractivity contribution >= 4 is 38.9 Å². The lowest BCUT2D eigenvalue weighted by Crippen LogP contribution is -2.17. The summed E-state index contributed by atoms with van der Waals surface area (Å²) in [5.74, 6) is 1.09. The fourth-order valence-electron chi connectivity index (χ4n) is 3.28. The Morgan fingerprint density at radius 1 is 1.17 bits per heavy atom. The molecule has 2 N–H and O–H groups in total. The van der Waals surface area contributed by atoms with Crippen LogP contribution in [0, 0.1) is 0 Å². The summed E-state index contributed by atoms with van der Waals surface area (Å²) in [4.78, 5) is 19.8.